The summed E-state index contributed by atoms with van der Waals surface area (Å²) in [5, 5.41) is 0. The highest BCUT2D eigenvalue weighted by Crippen LogP contribution is 2.24. The minimum atomic E-state index is -0.293. The average Bonchev–Trinajstić information content (AvgIpc) is 2.33. The van der Waals surface area contributed by atoms with Gasteiger partial charge < -0.3 is 5.73 Å². The van der Waals surface area contributed by atoms with Crippen LogP contribution in [-0.4, -0.2) is 0 Å². The lowest BCUT2D eigenvalue weighted by molar-refractivity contribution is 0.617. The van der Waals surface area contributed by atoms with E-state index in [1.165, 1.54) is 11.6 Å². The van der Waals surface area contributed by atoms with Crippen molar-refractivity contribution in [1.82, 2.24) is 0 Å². The second-order valence-corrected chi connectivity index (χ2v) is 4.92. The van der Waals surface area contributed by atoms with Gasteiger partial charge in [0, 0.05) is 0 Å². The molecule has 0 aliphatic carbocycles. The molecule has 0 amide bonds. The molecule has 1 unspecified atom stereocenters. The summed E-state index contributed by atoms with van der Waals surface area (Å²) in [6.45, 7) is 2.02. The smallest absolute Gasteiger partial charge is 0.137 e. The molecular formula is C14H13BrFN. The van der Waals surface area contributed by atoms with Crippen molar-refractivity contribution in [3.63, 3.8) is 0 Å². The molecule has 2 N–H and O–H groups in total. The van der Waals surface area contributed by atoms with E-state index < -0.39 is 0 Å². The van der Waals surface area contributed by atoms with Gasteiger partial charge in [0.1, 0.15) is 5.82 Å². The lowest BCUT2D eigenvalue weighted by Crippen LogP contribution is -2.12. The minimum Gasteiger partial charge on any atom is -0.320 e. The molecule has 0 bridgehead atoms. The lowest BCUT2D eigenvalue weighted by atomic mass is 9.99. The molecule has 0 fully saturated rings. The number of aryl methyl sites for hydroxylation is 1. The van der Waals surface area contributed by atoms with Crippen molar-refractivity contribution in [2.45, 2.75) is 13.0 Å². The Morgan fingerprint density at radius 1 is 1.06 bits per heavy atom. The van der Waals surface area contributed by atoms with Crippen LogP contribution in [-0.2, 0) is 0 Å². The van der Waals surface area contributed by atoms with Crippen LogP contribution in [0.1, 0.15) is 22.7 Å². The largest absolute Gasteiger partial charge is 0.320 e. The third-order valence-electron chi connectivity index (χ3n) is 2.74. The molecular weight excluding hydrogens is 281 g/mol. The molecule has 88 valence electrons. The standard InChI is InChI=1S/C14H13BrFN/c1-9-2-4-10(5-3-9)14(17)11-6-7-12(15)13(16)8-11/h2-8,14H,17H2,1H3. The van der Waals surface area contributed by atoms with E-state index in [1.807, 2.05) is 37.3 Å². The average molecular weight is 294 g/mol. The van der Waals surface area contributed by atoms with Gasteiger partial charge >= 0.3 is 0 Å². The van der Waals surface area contributed by atoms with E-state index in [4.69, 9.17) is 5.73 Å². The fraction of sp³-hybridized carbons (Fsp3) is 0.143. The van der Waals surface area contributed by atoms with Crippen molar-refractivity contribution in [1.29, 1.82) is 0 Å². The molecule has 0 radical (unpaired) electrons. The number of hydrogen-bond donors (Lipinski definition) is 1. The molecule has 0 aliphatic heterocycles. The second kappa shape index (κ2) is 4.98. The Balaban J connectivity index is 2.33. The maximum atomic E-state index is 13.4. The highest BCUT2D eigenvalue weighted by molar-refractivity contribution is 9.10. The monoisotopic (exact) mass is 293 g/mol. The second-order valence-electron chi connectivity index (χ2n) is 4.06. The van der Waals surface area contributed by atoms with Crippen LogP contribution in [0.2, 0.25) is 0 Å². The van der Waals surface area contributed by atoms with Gasteiger partial charge in [0.15, 0.2) is 0 Å². The summed E-state index contributed by atoms with van der Waals surface area (Å²) in [5.74, 6) is -0.287. The van der Waals surface area contributed by atoms with Gasteiger partial charge in [-0.2, -0.15) is 0 Å². The number of halogens is 2. The van der Waals surface area contributed by atoms with Crippen molar-refractivity contribution in [3.05, 3.63) is 69.4 Å². The van der Waals surface area contributed by atoms with E-state index >= 15 is 0 Å². The molecule has 0 aromatic heterocycles. The summed E-state index contributed by atoms with van der Waals surface area (Å²) in [4.78, 5) is 0. The zero-order valence-electron chi connectivity index (χ0n) is 9.45. The van der Waals surface area contributed by atoms with E-state index in [0.717, 1.165) is 11.1 Å². The highest BCUT2D eigenvalue weighted by Gasteiger charge is 2.10. The minimum absolute atomic E-state index is 0.287. The Morgan fingerprint density at radius 3 is 2.24 bits per heavy atom. The summed E-state index contributed by atoms with van der Waals surface area (Å²) >= 11 is 3.13. The maximum absolute atomic E-state index is 13.4. The van der Waals surface area contributed by atoms with E-state index in [-0.39, 0.29) is 11.9 Å². The van der Waals surface area contributed by atoms with Crippen LogP contribution in [0.4, 0.5) is 4.39 Å². The molecule has 0 spiro atoms. The highest BCUT2D eigenvalue weighted by atomic mass is 79.9. The molecule has 0 saturated heterocycles. The molecule has 2 aromatic rings. The summed E-state index contributed by atoms with van der Waals surface area (Å²) in [6, 6.07) is 12.6. The van der Waals surface area contributed by atoms with Crippen LogP contribution in [0.15, 0.2) is 46.9 Å². The molecule has 1 nitrogen and oxygen atoms in total. The van der Waals surface area contributed by atoms with E-state index in [2.05, 4.69) is 15.9 Å². The molecule has 17 heavy (non-hydrogen) atoms. The first-order valence-corrected chi connectivity index (χ1v) is 6.14. The Labute approximate surface area is 109 Å². The third kappa shape index (κ3) is 2.73. The number of hydrogen-bond acceptors (Lipinski definition) is 1. The normalized spacial score (nSPS) is 12.5. The number of rotatable bonds is 2. The van der Waals surface area contributed by atoms with Crippen molar-refractivity contribution in [2.75, 3.05) is 0 Å². The quantitative estimate of drug-likeness (QED) is 0.892. The summed E-state index contributed by atoms with van der Waals surface area (Å²) in [7, 11) is 0. The summed E-state index contributed by atoms with van der Waals surface area (Å²) in [5.41, 5.74) is 9.04. The fourth-order valence-corrected chi connectivity index (χ4v) is 1.92. The molecule has 0 saturated carbocycles. The van der Waals surface area contributed by atoms with Gasteiger partial charge in [-0.25, -0.2) is 4.39 Å². The molecule has 0 heterocycles. The molecule has 3 heteroatoms. The Morgan fingerprint density at radius 2 is 1.65 bits per heavy atom. The van der Waals surface area contributed by atoms with Gasteiger partial charge in [-0.15, -0.1) is 0 Å². The zero-order chi connectivity index (χ0) is 12.4. The summed E-state index contributed by atoms with van der Waals surface area (Å²) < 4.78 is 13.9. The van der Waals surface area contributed by atoms with Crippen LogP contribution in [0.3, 0.4) is 0 Å². The van der Waals surface area contributed by atoms with Crippen molar-refractivity contribution < 1.29 is 4.39 Å². The Hall–Kier alpha value is -1.19. The first kappa shape index (κ1) is 12.3. The molecule has 2 rings (SSSR count). The first-order chi connectivity index (χ1) is 8.08. The van der Waals surface area contributed by atoms with Crippen molar-refractivity contribution >= 4 is 15.9 Å². The Kier molecular flexibility index (Phi) is 3.60. The third-order valence-corrected chi connectivity index (χ3v) is 3.38. The van der Waals surface area contributed by atoms with Crippen molar-refractivity contribution in [3.8, 4) is 0 Å². The topological polar surface area (TPSA) is 26.0 Å². The number of nitrogens with two attached hydrogens (primary N) is 1. The van der Waals surface area contributed by atoms with Gasteiger partial charge in [0.2, 0.25) is 0 Å². The van der Waals surface area contributed by atoms with Crippen molar-refractivity contribution in [2.24, 2.45) is 5.73 Å². The number of benzene rings is 2. The SMILES string of the molecule is Cc1ccc(C(N)c2ccc(Br)c(F)c2)cc1. The van der Waals surface area contributed by atoms with Gasteiger partial charge in [0.25, 0.3) is 0 Å². The van der Waals surface area contributed by atoms with Crippen LogP contribution in [0, 0.1) is 12.7 Å². The van der Waals surface area contributed by atoms with E-state index in [1.54, 1.807) is 6.07 Å². The molecule has 2 aromatic carbocycles. The maximum Gasteiger partial charge on any atom is 0.137 e. The predicted octanol–water partition coefficient (Wildman–Crippen LogP) is 3.94. The van der Waals surface area contributed by atoms with E-state index in [0.29, 0.717) is 4.47 Å². The van der Waals surface area contributed by atoms with Gasteiger partial charge in [0.05, 0.1) is 10.5 Å². The lowest BCUT2D eigenvalue weighted by Gasteiger charge is -2.13. The van der Waals surface area contributed by atoms with Crippen LogP contribution in [0.25, 0.3) is 0 Å². The molecule has 1 atom stereocenters. The first-order valence-electron chi connectivity index (χ1n) is 5.35. The predicted molar refractivity (Wildman–Crippen MR) is 71.3 cm³/mol. The zero-order valence-corrected chi connectivity index (χ0v) is 11.0. The van der Waals surface area contributed by atoms with Gasteiger partial charge in [-0.1, -0.05) is 35.9 Å². The van der Waals surface area contributed by atoms with Gasteiger partial charge in [-0.3, -0.25) is 0 Å². The summed E-state index contributed by atoms with van der Waals surface area (Å²) in [6.07, 6.45) is 0. The van der Waals surface area contributed by atoms with Crippen LogP contribution >= 0.6 is 15.9 Å². The van der Waals surface area contributed by atoms with Crippen LogP contribution < -0.4 is 5.73 Å². The van der Waals surface area contributed by atoms with Gasteiger partial charge in [-0.05, 0) is 46.1 Å². The van der Waals surface area contributed by atoms with Crippen LogP contribution in [0.5, 0.6) is 0 Å². The molecule has 0 aliphatic rings. The Bertz CT molecular complexity index is 522. The fourth-order valence-electron chi connectivity index (χ4n) is 1.67. The van der Waals surface area contributed by atoms with E-state index in [9.17, 15) is 4.39 Å².